The molecule has 140 valence electrons. The Kier molecular flexibility index (Phi) is 5.60. The number of aryl methyl sites for hydroxylation is 3. The van der Waals surface area contributed by atoms with E-state index in [1.54, 1.807) is 0 Å². The normalized spacial score (nSPS) is 10.7. The van der Waals surface area contributed by atoms with Crippen LogP contribution in [0.15, 0.2) is 48.5 Å². The van der Waals surface area contributed by atoms with Gasteiger partial charge in [-0.3, -0.25) is 0 Å². The number of aromatic nitrogens is 2. The lowest BCUT2D eigenvalue weighted by molar-refractivity contribution is 0.242. The predicted octanol–water partition coefficient (Wildman–Crippen LogP) is 5.68. The molecule has 0 saturated heterocycles. The second-order valence-electron chi connectivity index (χ2n) is 6.96. The smallest absolute Gasteiger partial charge is 0.229 e. The van der Waals surface area contributed by atoms with Gasteiger partial charge in [-0.05, 0) is 82.1 Å². The van der Waals surface area contributed by atoms with Crippen LogP contribution in [0, 0.1) is 20.8 Å². The van der Waals surface area contributed by atoms with E-state index in [1.807, 2.05) is 57.2 Å². The van der Waals surface area contributed by atoms with Crippen LogP contribution in [-0.4, -0.2) is 16.1 Å². The third-order valence-corrected chi connectivity index (χ3v) is 4.12. The van der Waals surface area contributed by atoms with Crippen molar-refractivity contribution in [1.82, 2.24) is 9.97 Å². The zero-order valence-corrected chi connectivity index (χ0v) is 16.5. The minimum atomic E-state index is 0.160. The van der Waals surface area contributed by atoms with Gasteiger partial charge >= 0.3 is 0 Å². The summed E-state index contributed by atoms with van der Waals surface area (Å²) < 4.78 is 5.68. The lowest BCUT2D eigenvalue weighted by Gasteiger charge is -2.12. The molecule has 0 aliphatic heterocycles. The Balaban J connectivity index is 1.75. The van der Waals surface area contributed by atoms with E-state index < -0.39 is 0 Å². The average molecular weight is 362 g/mol. The number of nitrogens with zero attached hydrogens (tertiary/aromatic N) is 2. The van der Waals surface area contributed by atoms with E-state index in [1.165, 1.54) is 11.1 Å². The van der Waals surface area contributed by atoms with Gasteiger partial charge in [-0.25, -0.2) is 4.98 Å². The van der Waals surface area contributed by atoms with E-state index in [2.05, 4.69) is 46.6 Å². The number of benzene rings is 2. The fraction of sp³-hybridized carbons (Fsp3) is 0.273. The molecule has 1 aromatic heterocycles. The van der Waals surface area contributed by atoms with Gasteiger partial charge in [0.1, 0.15) is 11.6 Å². The van der Waals surface area contributed by atoms with E-state index in [-0.39, 0.29) is 6.10 Å². The minimum Gasteiger partial charge on any atom is -0.491 e. The highest BCUT2D eigenvalue weighted by Crippen LogP contribution is 2.22. The third kappa shape index (κ3) is 5.20. The fourth-order valence-corrected chi connectivity index (χ4v) is 2.67. The van der Waals surface area contributed by atoms with Crippen LogP contribution in [-0.2, 0) is 0 Å². The molecule has 2 N–H and O–H groups in total. The van der Waals surface area contributed by atoms with Crippen LogP contribution >= 0.6 is 0 Å². The number of hydrogen-bond donors (Lipinski definition) is 2. The van der Waals surface area contributed by atoms with Gasteiger partial charge in [-0.15, -0.1) is 0 Å². The first-order valence-electron chi connectivity index (χ1n) is 9.13. The molecule has 0 atom stereocenters. The highest BCUT2D eigenvalue weighted by molar-refractivity contribution is 5.61. The Morgan fingerprint density at radius 2 is 1.48 bits per heavy atom. The van der Waals surface area contributed by atoms with Gasteiger partial charge in [0.2, 0.25) is 5.95 Å². The predicted molar refractivity (Wildman–Crippen MR) is 111 cm³/mol. The molecule has 0 aliphatic carbocycles. The summed E-state index contributed by atoms with van der Waals surface area (Å²) in [5.74, 6) is 2.17. The average Bonchev–Trinajstić information content (AvgIpc) is 2.59. The zero-order chi connectivity index (χ0) is 19.4. The Hall–Kier alpha value is -3.08. The van der Waals surface area contributed by atoms with Crippen LogP contribution in [0.4, 0.5) is 23.1 Å². The number of nitrogens with one attached hydrogen (secondary N) is 2. The van der Waals surface area contributed by atoms with Crippen molar-refractivity contribution >= 4 is 23.1 Å². The number of rotatable bonds is 6. The molecule has 0 unspecified atom stereocenters. The van der Waals surface area contributed by atoms with Gasteiger partial charge in [0, 0.05) is 23.1 Å². The molecule has 5 nitrogen and oxygen atoms in total. The van der Waals surface area contributed by atoms with E-state index in [4.69, 9.17) is 4.74 Å². The Morgan fingerprint density at radius 3 is 2.15 bits per heavy atom. The molecule has 0 spiro atoms. The summed E-state index contributed by atoms with van der Waals surface area (Å²) in [5, 5.41) is 6.61. The molecule has 0 saturated carbocycles. The van der Waals surface area contributed by atoms with Crippen LogP contribution in [0.5, 0.6) is 5.75 Å². The Bertz CT molecular complexity index is 920. The first-order valence-corrected chi connectivity index (χ1v) is 9.13. The van der Waals surface area contributed by atoms with Gasteiger partial charge in [0.15, 0.2) is 0 Å². The maximum atomic E-state index is 5.68. The van der Waals surface area contributed by atoms with Crippen molar-refractivity contribution in [3.05, 3.63) is 65.4 Å². The van der Waals surface area contributed by atoms with Gasteiger partial charge in [-0.1, -0.05) is 6.07 Å². The summed E-state index contributed by atoms with van der Waals surface area (Å²) in [6.07, 6.45) is 0.160. The van der Waals surface area contributed by atoms with E-state index in [0.29, 0.717) is 5.95 Å². The van der Waals surface area contributed by atoms with Crippen molar-refractivity contribution in [1.29, 1.82) is 0 Å². The van der Waals surface area contributed by atoms with E-state index in [0.717, 1.165) is 28.6 Å². The first-order chi connectivity index (χ1) is 12.9. The molecule has 0 bridgehead atoms. The summed E-state index contributed by atoms with van der Waals surface area (Å²) in [5.41, 5.74) is 5.30. The SMILES string of the molecule is Cc1cc(Nc2ccc(OC(C)C)cc2)nc(Nc2ccc(C)c(C)c2)n1. The minimum absolute atomic E-state index is 0.160. The highest BCUT2D eigenvalue weighted by atomic mass is 16.5. The molecular weight excluding hydrogens is 336 g/mol. The van der Waals surface area contributed by atoms with Crippen molar-refractivity contribution in [2.75, 3.05) is 10.6 Å². The highest BCUT2D eigenvalue weighted by Gasteiger charge is 2.05. The van der Waals surface area contributed by atoms with Gasteiger partial charge < -0.3 is 15.4 Å². The monoisotopic (exact) mass is 362 g/mol. The molecule has 1 heterocycles. The number of ether oxygens (including phenoxy) is 1. The summed E-state index contributed by atoms with van der Waals surface area (Å²) >= 11 is 0. The lowest BCUT2D eigenvalue weighted by atomic mass is 10.1. The molecule has 27 heavy (non-hydrogen) atoms. The molecule has 3 aromatic rings. The van der Waals surface area contributed by atoms with Gasteiger partial charge in [-0.2, -0.15) is 4.98 Å². The van der Waals surface area contributed by atoms with Crippen LogP contribution in [0.25, 0.3) is 0 Å². The zero-order valence-electron chi connectivity index (χ0n) is 16.5. The molecule has 3 rings (SSSR count). The van der Waals surface area contributed by atoms with Crippen molar-refractivity contribution in [3.8, 4) is 5.75 Å². The summed E-state index contributed by atoms with van der Waals surface area (Å²) in [7, 11) is 0. The topological polar surface area (TPSA) is 59.1 Å². The molecule has 2 aromatic carbocycles. The first kappa shape index (κ1) is 18.7. The maximum absolute atomic E-state index is 5.68. The molecule has 5 heteroatoms. The fourth-order valence-electron chi connectivity index (χ4n) is 2.67. The van der Waals surface area contributed by atoms with Crippen molar-refractivity contribution < 1.29 is 4.74 Å². The Morgan fingerprint density at radius 1 is 0.778 bits per heavy atom. The van der Waals surface area contributed by atoms with Crippen molar-refractivity contribution in [2.45, 2.75) is 40.7 Å². The lowest BCUT2D eigenvalue weighted by Crippen LogP contribution is -2.05. The van der Waals surface area contributed by atoms with Crippen molar-refractivity contribution in [2.24, 2.45) is 0 Å². The molecule has 0 radical (unpaired) electrons. The summed E-state index contributed by atoms with van der Waals surface area (Å²) in [6, 6.07) is 16.0. The number of anilines is 4. The molecule has 0 aliphatic rings. The van der Waals surface area contributed by atoms with Gasteiger partial charge in [0.25, 0.3) is 0 Å². The van der Waals surface area contributed by atoms with Crippen LogP contribution < -0.4 is 15.4 Å². The standard InChI is InChI=1S/C22H26N4O/c1-14(2)27-20-10-8-18(9-11-20)24-21-13-17(5)23-22(26-21)25-19-7-6-15(3)16(4)12-19/h6-14H,1-5H3,(H2,23,24,25,26). The maximum Gasteiger partial charge on any atom is 0.229 e. The summed E-state index contributed by atoms with van der Waals surface area (Å²) in [6.45, 7) is 10.2. The second kappa shape index (κ2) is 8.08. The third-order valence-electron chi connectivity index (χ3n) is 4.12. The Labute approximate surface area is 160 Å². The van der Waals surface area contributed by atoms with E-state index >= 15 is 0 Å². The van der Waals surface area contributed by atoms with Crippen LogP contribution in [0.3, 0.4) is 0 Å². The van der Waals surface area contributed by atoms with Crippen molar-refractivity contribution in [3.63, 3.8) is 0 Å². The van der Waals surface area contributed by atoms with Crippen LogP contribution in [0.1, 0.15) is 30.7 Å². The molecule has 0 fully saturated rings. The summed E-state index contributed by atoms with van der Waals surface area (Å²) in [4.78, 5) is 9.07. The number of hydrogen-bond acceptors (Lipinski definition) is 5. The van der Waals surface area contributed by atoms with E-state index in [9.17, 15) is 0 Å². The molecular formula is C22H26N4O. The second-order valence-corrected chi connectivity index (χ2v) is 6.96. The molecule has 0 amide bonds. The van der Waals surface area contributed by atoms with Crippen LogP contribution in [0.2, 0.25) is 0 Å². The van der Waals surface area contributed by atoms with Gasteiger partial charge in [0.05, 0.1) is 6.10 Å². The largest absolute Gasteiger partial charge is 0.491 e. The quantitative estimate of drug-likeness (QED) is 0.591.